The predicted octanol–water partition coefficient (Wildman–Crippen LogP) is 3.02. The van der Waals surface area contributed by atoms with Crippen LogP contribution < -0.4 is 10.6 Å². The van der Waals surface area contributed by atoms with Gasteiger partial charge in [-0.25, -0.2) is 0 Å². The van der Waals surface area contributed by atoms with Crippen LogP contribution in [0.5, 0.6) is 0 Å². The molecule has 0 radical (unpaired) electrons. The van der Waals surface area contributed by atoms with Crippen molar-refractivity contribution in [1.29, 1.82) is 0 Å². The van der Waals surface area contributed by atoms with Gasteiger partial charge in [0.05, 0.1) is 0 Å². The molecule has 7 nitrogen and oxygen atoms in total. The minimum Gasteiger partial charge on any atom is -0.356 e. The number of rotatable bonds is 7. The van der Waals surface area contributed by atoms with Crippen molar-refractivity contribution in [2.45, 2.75) is 63.2 Å². The van der Waals surface area contributed by atoms with Gasteiger partial charge >= 0.3 is 0 Å². The Labute approximate surface area is 190 Å². The number of pyridine rings is 1. The van der Waals surface area contributed by atoms with Crippen LogP contribution in [-0.2, 0) is 13.0 Å². The molecule has 7 heteroatoms. The lowest BCUT2D eigenvalue weighted by molar-refractivity contribution is 0.114. The van der Waals surface area contributed by atoms with Crippen molar-refractivity contribution in [3.05, 3.63) is 66.1 Å². The second-order valence-corrected chi connectivity index (χ2v) is 9.00. The summed E-state index contributed by atoms with van der Waals surface area (Å²) < 4.78 is 2.06. The molecule has 4 heterocycles. The lowest BCUT2D eigenvalue weighted by Gasteiger charge is -2.39. The third-order valence-electron chi connectivity index (χ3n) is 6.91. The summed E-state index contributed by atoms with van der Waals surface area (Å²) in [5.41, 5.74) is 2.33. The maximum Gasteiger partial charge on any atom is 0.191 e. The standard InChI is InChI=1S/C25H33N7/c1-26-25(27-14-7-11-24-30-29-23-10-5-6-15-31(23)24)28-20-16-21-12-13-22(17-20)32(21)18-19-8-3-2-4-9-19/h2-6,8-10,15,20-22H,7,11-14,16-18H2,1H3,(H2,26,27,28). The first-order valence-electron chi connectivity index (χ1n) is 11.9. The quantitative estimate of drug-likeness (QED) is 0.342. The second-order valence-electron chi connectivity index (χ2n) is 9.00. The lowest BCUT2D eigenvalue weighted by Crippen LogP contribution is -2.52. The van der Waals surface area contributed by atoms with Crippen molar-refractivity contribution < 1.29 is 0 Å². The van der Waals surface area contributed by atoms with E-state index in [4.69, 9.17) is 0 Å². The van der Waals surface area contributed by atoms with E-state index in [2.05, 4.69) is 65.5 Å². The maximum absolute atomic E-state index is 4.47. The van der Waals surface area contributed by atoms with E-state index in [1.54, 1.807) is 0 Å². The number of guanidine groups is 1. The molecule has 2 aromatic heterocycles. The van der Waals surface area contributed by atoms with E-state index in [0.29, 0.717) is 18.1 Å². The zero-order valence-electron chi connectivity index (χ0n) is 18.8. The molecule has 2 saturated heterocycles. The van der Waals surface area contributed by atoms with Crippen LogP contribution in [0.3, 0.4) is 0 Å². The molecule has 2 atom stereocenters. The Hall–Kier alpha value is -2.93. The van der Waals surface area contributed by atoms with Crippen molar-refractivity contribution in [2.24, 2.45) is 4.99 Å². The Kier molecular flexibility index (Phi) is 6.34. The van der Waals surface area contributed by atoms with Gasteiger partial charge in [0, 0.05) is 50.9 Å². The molecule has 5 rings (SSSR count). The number of benzene rings is 1. The van der Waals surface area contributed by atoms with Crippen LogP contribution in [-0.4, -0.2) is 57.2 Å². The van der Waals surface area contributed by atoms with Gasteiger partial charge in [-0.15, -0.1) is 10.2 Å². The Morgan fingerprint density at radius 3 is 2.59 bits per heavy atom. The molecule has 3 aromatic rings. The Balaban J connectivity index is 1.09. The van der Waals surface area contributed by atoms with Crippen LogP contribution in [0, 0.1) is 0 Å². The average Bonchev–Trinajstić information content (AvgIpc) is 3.33. The predicted molar refractivity (Wildman–Crippen MR) is 128 cm³/mol. The van der Waals surface area contributed by atoms with Gasteiger partial charge in [0.2, 0.25) is 0 Å². The average molecular weight is 432 g/mol. The third kappa shape index (κ3) is 4.63. The fourth-order valence-electron chi connectivity index (χ4n) is 5.35. The van der Waals surface area contributed by atoms with E-state index in [-0.39, 0.29) is 0 Å². The number of nitrogens with zero attached hydrogens (tertiary/aromatic N) is 5. The smallest absolute Gasteiger partial charge is 0.191 e. The van der Waals surface area contributed by atoms with Gasteiger partial charge in [-0.3, -0.25) is 14.3 Å². The van der Waals surface area contributed by atoms with Gasteiger partial charge in [-0.1, -0.05) is 36.4 Å². The van der Waals surface area contributed by atoms with Crippen LogP contribution in [0.15, 0.2) is 59.7 Å². The van der Waals surface area contributed by atoms with Gasteiger partial charge in [0.1, 0.15) is 5.82 Å². The highest BCUT2D eigenvalue weighted by atomic mass is 15.3. The van der Waals surface area contributed by atoms with Crippen molar-refractivity contribution in [3.63, 3.8) is 0 Å². The van der Waals surface area contributed by atoms with E-state index in [0.717, 1.165) is 43.4 Å². The van der Waals surface area contributed by atoms with Gasteiger partial charge < -0.3 is 10.6 Å². The summed E-state index contributed by atoms with van der Waals surface area (Å²) in [6.07, 6.45) is 8.90. The highest BCUT2D eigenvalue weighted by Gasteiger charge is 2.40. The number of hydrogen-bond acceptors (Lipinski definition) is 4. The molecular weight excluding hydrogens is 398 g/mol. The number of aliphatic imine (C=N–C) groups is 1. The molecule has 2 N–H and O–H groups in total. The SMILES string of the molecule is CN=C(NCCCc1nnc2ccccn12)NC1CC2CCC(C1)N2Cc1ccccc1. The molecule has 0 saturated carbocycles. The number of aryl methyl sites for hydroxylation is 1. The van der Waals surface area contributed by atoms with Crippen LogP contribution in [0.4, 0.5) is 0 Å². The monoisotopic (exact) mass is 431 g/mol. The summed E-state index contributed by atoms with van der Waals surface area (Å²) in [5, 5.41) is 15.7. The number of nitrogens with one attached hydrogen (secondary N) is 2. The molecule has 1 aromatic carbocycles. The third-order valence-corrected chi connectivity index (χ3v) is 6.91. The maximum atomic E-state index is 4.47. The highest BCUT2D eigenvalue weighted by Crippen LogP contribution is 2.36. The molecule has 0 amide bonds. The molecular formula is C25H33N7. The number of aromatic nitrogens is 3. The van der Waals surface area contributed by atoms with Crippen molar-refractivity contribution in [3.8, 4) is 0 Å². The largest absolute Gasteiger partial charge is 0.356 e. The van der Waals surface area contributed by atoms with Crippen molar-refractivity contribution >= 4 is 11.6 Å². The molecule has 168 valence electrons. The summed E-state index contributed by atoms with van der Waals surface area (Å²) in [4.78, 5) is 7.20. The molecule has 2 aliphatic rings. The van der Waals surface area contributed by atoms with Crippen LogP contribution in [0.2, 0.25) is 0 Å². The fourth-order valence-corrected chi connectivity index (χ4v) is 5.35. The normalized spacial score (nSPS) is 23.5. The van der Waals surface area contributed by atoms with E-state index < -0.39 is 0 Å². The zero-order valence-corrected chi connectivity index (χ0v) is 18.8. The summed E-state index contributed by atoms with van der Waals surface area (Å²) in [6.45, 7) is 1.94. The lowest BCUT2D eigenvalue weighted by atomic mass is 9.96. The Bertz CT molecular complexity index is 1030. The summed E-state index contributed by atoms with van der Waals surface area (Å²) in [7, 11) is 1.86. The first-order chi connectivity index (χ1) is 15.8. The summed E-state index contributed by atoms with van der Waals surface area (Å²) >= 11 is 0. The number of hydrogen-bond donors (Lipinski definition) is 2. The van der Waals surface area contributed by atoms with Crippen molar-refractivity contribution in [2.75, 3.05) is 13.6 Å². The van der Waals surface area contributed by atoms with E-state index in [1.807, 2.05) is 31.4 Å². The first kappa shape index (κ1) is 20.9. The van der Waals surface area contributed by atoms with E-state index in [1.165, 1.54) is 31.2 Å². The number of piperidine rings is 1. The van der Waals surface area contributed by atoms with E-state index in [9.17, 15) is 0 Å². The van der Waals surface area contributed by atoms with Gasteiger partial charge in [0.15, 0.2) is 11.6 Å². The first-order valence-corrected chi connectivity index (χ1v) is 11.9. The van der Waals surface area contributed by atoms with Gasteiger partial charge in [0.25, 0.3) is 0 Å². The van der Waals surface area contributed by atoms with E-state index >= 15 is 0 Å². The molecule has 2 unspecified atom stereocenters. The second kappa shape index (κ2) is 9.69. The molecule has 2 fully saturated rings. The topological polar surface area (TPSA) is 69.8 Å². The molecule has 0 spiro atoms. The summed E-state index contributed by atoms with van der Waals surface area (Å²) in [5.74, 6) is 1.92. The molecule has 2 aliphatic heterocycles. The number of fused-ring (bicyclic) bond motifs is 3. The molecule has 32 heavy (non-hydrogen) atoms. The Morgan fingerprint density at radius 2 is 1.81 bits per heavy atom. The van der Waals surface area contributed by atoms with Crippen molar-refractivity contribution in [1.82, 2.24) is 30.1 Å². The minimum atomic E-state index is 0.492. The molecule has 0 aliphatic carbocycles. The minimum absolute atomic E-state index is 0.492. The summed E-state index contributed by atoms with van der Waals surface area (Å²) in [6, 6.07) is 18.7. The fraction of sp³-hybridized carbons (Fsp3) is 0.480. The highest BCUT2D eigenvalue weighted by molar-refractivity contribution is 5.79. The van der Waals surface area contributed by atoms with Gasteiger partial charge in [-0.2, -0.15) is 0 Å². The van der Waals surface area contributed by atoms with Crippen LogP contribution >= 0.6 is 0 Å². The van der Waals surface area contributed by atoms with Gasteiger partial charge in [-0.05, 0) is 49.8 Å². The van der Waals surface area contributed by atoms with Crippen LogP contribution in [0.1, 0.15) is 43.5 Å². The van der Waals surface area contributed by atoms with Crippen LogP contribution in [0.25, 0.3) is 5.65 Å². The molecule has 2 bridgehead atoms. The zero-order chi connectivity index (χ0) is 21.8. The Morgan fingerprint density at radius 1 is 1.03 bits per heavy atom.